The smallest absolute Gasteiger partial charge is 0.271 e. The first-order valence-corrected chi connectivity index (χ1v) is 10.3. The Bertz CT molecular complexity index is 1180. The summed E-state index contributed by atoms with van der Waals surface area (Å²) in [5.41, 5.74) is 4.71. The van der Waals surface area contributed by atoms with E-state index in [-0.39, 0.29) is 11.9 Å². The third-order valence-electron chi connectivity index (χ3n) is 5.34. The number of benzene rings is 2. The summed E-state index contributed by atoms with van der Waals surface area (Å²) < 4.78 is 7.36. The molecule has 29 heavy (non-hydrogen) atoms. The van der Waals surface area contributed by atoms with E-state index in [1.54, 1.807) is 12.0 Å². The molecule has 0 saturated carbocycles. The van der Waals surface area contributed by atoms with Gasteiger partial charge in [0, 0.05) is 29.8 Å². The number of aryl methyl sites for hydroxylation is 1. The molecule has 0 fully saturated rings. The zero-order valence-electron chi connectivity index (χ0n) is 16.9. The number of amides is 1. The van der Waals surface area contributed by atoms with Gasteiger partial charge < -0.3 is 9.64 Å². The van der Waals surface area contributed by atoms with Crippen LogP contribution < -0.4 is 4.74 Å². The van der Waals surface area contributed by atoms with Crippen molar-refractivity contribution in [2.45, 2.75) is 19.9 Å². The number of carbonyl (C=O) groups is 1. The lowest BCUT2D eigenvalue weighted by molar-refractivity contribution is 0.0734. The van der Waals surface area contributed by atoms with Crippen LogP contribution in [0.4, 0.5) is 0 Å². The maximum Gasteiger partial charge on any atom is 0.271 e. The summed E-state index contributed by atoms with van der Waals surface area (Å²) in [7, 11) is 3.47. The standard InChI is InChI=1S/C23H23N3O2S/c1-15-9-5-6-10-17(15)19-13-26-20(14-29-23(26)24-19)22(27)25(3)16(2)18-11-7-8-12-21(18)28-4/h5-14,16H,1-4H3/t16-/m1/s1. The van der Waals surface area contributed by atoms with Crippen LogP contribution in [0.3, 0.4) is 0 Å². The molecule has 2 heterocycles. The molecule has 0 unspecified atom stereocenters. The molecule has 0 N–H and O–H groups in total. The van der Waals surface area contributed by atoms with Crippen molar-refractivity contribution in [3.05, 3.63) is 76.9 Å². The minimum atomic E-state index is -0.132. The summed E-state index contributed by atoms with van der Waals surface area (Å²) in [6.07, 6.45) is 1.95. The average molecular weight is 406 g/mol. The Morgan fingerprint density at radius 1 is 1.17 bits per heavy atom. The summed E-state index contributed by atoms with van der Waals surface area (Å²) in [5, 5.41) is 1.87. The summed E-state index contributed by atoms with van der Waals surface area (Å²) in [5.74, 6) is 0.725. The number of para-hydroxylation sites is 1. The molecule has 5 nitrogen and oxygen atoms in total. The molecule has 2 aromatic heterocycles. The highest BCUT2D eigenvalue weighted by Crippen LogP contribution is 2.31. The van der Waals surface area contributed by atoms with Gasteiger partial charge in [-0.1, -0.05) is 42.5 Å². The molecule has 0 aliphatic carbocycles. The van der Waals surface area contributed by atoms with Gasteiger partial charge in [0.15, 0.2) is 4.96 Å². The van der Waals surface area contributed by atoms with Crippen LogP contribution >= 0.6 is 11.3 Å². The molecule has 4 aromatic rings. The lowest BCUT2D eigenvalue weighted by atomic mass is 10.1. The van der Waals surface area contributed by atoms with Gasteiger partial charge in [-0.3, -0.25) is 9.20 Å². The van der Waals surface area contributed by atoms with Gasteiger partial charge in [-0.15, -0.1) is 11.3 Å². The van der Waals surface area contributed by atoms with Crippen molar-refractivity contribution >= 4 is 22.2 Å². The van der Waals surface area contributed by atoms with E-state index in [4.69, 9.17) is 9.72 Å². The second kappa shape index (κ2) is 7.72. The molecule has 4 rings (SSSR count). The van der Waals surface area contributed by atoms with Gasteiger partial charge in [0.25, 0.3) is 5.91 Å². The van der Waals surface area contributed by atoms with Crippen LogP contribution in [0.15, 0.2) is 60.1 Å². The average Bonchev–Trinajstić information content (AvgIpc) is 3.33. The minimum absolute atomic E-state index is 0.0524. The number of imidazole rings is 1. The molecule has 0 spiro atoms. The lowest BCUT2D eigenvalue weighted by Crippen LogP contribution is -2.30. The van der Waals surface area contributed by atoms with E-state index in [2.05, 4.69) is 19.1 Å². The van der Waals surface area contributed by atoms with Crippen LogP contribution in [0, 0.1) is 6.92 Å². The number of hydrogen-bond acceptors (Lipinski definition) is 4. The van der Waals surface area contributed by atoms with Crippen molar-refractivity contribution in [3.63, 3.8) is 0 Å². The lowest BCUT2D eigenvalue weighted by Gasteiger charge is -2.26. The normalized spacial score (nSPS) is 12.1. The Kier molecular flexibility index (Phi) is 5.11. The van der Waals surface area contributed by atoms with Crippen molar-refractivity contribution in [3.8, 4) is 17.0 Å². The van der Waals surface area contributed by atoms with Crippen molar-refractivity contribution in [2.24, 2.45) is 0 Å². The van der Waals surface area contributed by atoms with Crippen molar-refractivity contribution in [1.82, 2.24) is 14.3 Å². The fraction of sp³-hybridized carbons (Fsp3) is 0.217. The molecule has 0 aliphatic rings. The Morgan fingerprint density at radius 2 is 1.90 bits per heavy atom. The number of methoxy groups -OCH3 is 1. The molecular weight excluding hydrogens is 382 g/mol. The van der Waals surface area contributed by atoms with Gasteiger partial charge in [0.1, 0.15) is 11.4 Å². The van der Waals surface area contributed by atoms with Gasteiger partial charge in [-0.25, -0.2) is 4.98 Å². The van der Waals surface area contributed by atoms with Crippen LogP contribution in [0.5, 0.6) is 5.75 Å². The highest BCUT2D eigenvalue weighted by molar-refractivity contribution is 7.15. The second-order valence-corrected chi connectivity index (χ2v) is 7.89. The maximum absolute atomic E-state index is 13.3. The quantitative estimate of drug-likeness (QED) is 0.458. The number of nitrogens with zero attached hydrogens (tertiary/aromatic N) is 3. The Labute approximate surface area is 174 Å². The highest BCUT2D eigenvalue weighted by atomic mass is 32.1. The summed E-state index contributed by atoms with van der Waals surface area (Å²) >= 11 is 1.48. The molecule has 6 heteroatoms. The number of ether oxygens (including phenoxy) is 1. The minimum Gasteiger partial charge on any atom is -0.496 e. The van der Waals surface area contributed by atoms with Crippen molar-refractivity contribution < 1.29 is 9.53 Å². The first-order valence-electron chi connectivity index (χ1n) is 9.44. The number of aromatic nitrogens is 2. The predicted molar refractivity (Wildman–Crippen MR) is 117 cm³/mol. The van der Waals surface area contributed by atoms with E-state index in [0.717, 1.165) is 33.1 Å². The number of hydrogen-bond donors (Lipinski definition) is 0. The zero-order valence-corrected chi connectivity index (χ0v) is 17.7. The molecule has 1 amide bonds. The molecule has 2 aromatic carbocycles. The Hall–Kier alpha value is -3.12. The van der Waals surface area contributed by atoms with E-state index in [1.807, 2.05) is 66.3 Å². The fourth-order valence-electron chi connectivity index (χ4n) is 3.50. The maximum atomic E-state index is 13.3. The first kappa shape index (κ1) is 19.2. The van der Waals surface area contributed by atoms with E-state index >= 15 is 0 Å². The first-order chi connectivity index (χ1) is 14.0. The largest absolute Gasteiger partial charge is 0.496 e. The summed E-state index contributed by atoms with van der Waals surface area (Å²) in [6.45, 7) is 4.07. The number of thiazole rings is 1. The van der Waals surface area contributed by atoms with E-state index < -0.39 is 0 Å². The topological polar surface area (TPSA) is 46.8 Å². The Morgan fingerprint density at radius 3 is 2.66 bits per heavy atom. The summed E-state index contributed by atoms with van der Waals surface area (Å²) in [4.78, 5) is 20.6. The van der Waals surface area contributed by atoms with Crippen LogP contribution in [-0.4, -0.2) is 34.3 Å². The highest BCUT2D eigenvalue weighted by Gasteiger charge is 2.24. The molecule has 0 radical (unpaired) electrons. The zero-order chi connectivity index (χ0) is 20.5. The Balaban J connectivity index is 1.67. The monoisotopic (exact) mass is 405 g/mol. The van der Waals surface area contributed by atoms with Crippen LogP contribution in [0.25, 0.3) is 16.2 Å². The van der Waals surface area contributed by atoms with Gasteiger partial charge >= 0.3 is 0 Å². The van der Waals surface area contributed by atoms with Crippen LogP contribution in [0.1, 0.15) is 34.6 Å². The second-order valence-electron chi connectivity index (χ2n) is 7.05. The van der Waals surface area contributed by atoms with Gasteiger partial charge in [0.2, 0.25) is 0 Å². The predicted octanol–water partition coefficient (Wildman–Crippen LogP) is 5.21. The molecule has 0 bridgehead atoms. The third kappa shape index (κ3) is 3.40. The number of rotatable bonds is 5. The molecule has 0 aliphatic heterocycles. The van der Waals surface area contributed by atoms with Crippen LogP contribution in [0.2, 0.25) is 0 Å². The fourth-order valence-corrected chi connectivity index (χ4v) is 4.35. The molecule has 148 valence electrons. The van der Waals surface area contributed by atoms with Crippen molar-refractivity contribution in [1.29, 1.82) is 0 Å². The van der Waals surface area contributed by atoms with E-state index in [0.29, 0.717) is 5.69 Å². The number of fused-ring (bicyclic) bond motifs is 1. The van der Waals surface area contributed by atoms with E-state index in [1.165, 1.54) is 11.3 Å². The van der Waals surface area contributed by atoms with Gasteiger partial charge in [-0.2, -0.15) is 0 Å². The van der Waals surface area contributed by atoms with Crippen LogP contribution in [-0.2, 0) is 0 Å². The number of carbonyl (C=O) groups excluding carboxylic acids is 1. The van der Waals surface area contributed by atoms with Crippen molar-refractivity contribution in [2.75, 3.05) is 14.2 Å². The van der Waals surface area contributed by atoms with Gasteiger partial charge in [-0.05, 0) is 25.5 Å². The van der Waals surface area contributed by atoms with Gasteiger partial charge in [0.05, 0.1) is 18.8 Å². The summed E-state index contributed by atoms with van der Waals surface area (Å²) in [6, 6.07) is 15.8. The molecule has 1 atom stereocenters. The molecule has 0 saturated heterocycles. The molecular formula is C23H23N3O2S. The van der Waals surface area contributed by atoms with E-state index in [9.17, 15) is 4.79 Å². The SMILES string of the molecule is COc1ccccc1[C@@H](C)N(C)C(=O)c1csc2nc(-c3ccccc3C)cn12. The third-order valence-corrected chi connectivity index (χ3v) is 6.18.